The van der Waals surface area contributed by atoms with Gasteiger partial charge in [0.05, 0.1) is 48.3 Å². The SMILES string of the molecule is CN1CCN(Cc2ccc(N)cc2C(F)(F)F)CC1.COC(=O)c1ccc(C)c(C#Cc2cnc3c(c2)C=NC3)c1.Cc1ccc(C(=O)Nc2ccc(CN3CCN(C)CC3)c(C(F)(F)F)c2)cc1C#Cc1cnc2c(c1)C=NC2. The van der Waals surface area contributed by atoms with E-state index >= 15 is 0 Å². The Morgan fingerprint density at radius 3 is 1.55 bits per heavy atom. The number of carbonyl (C=O) groups excluding carboxylic acids is 2. The number of halogens is 6. The van der Waals surface area contributed by atoms with Gasteiger partial charge in [-0.05, 0) is 111 Å². The number of nitrogens with zero attached hydrogens (tertiary/aromatic N) is 8. The number of alkyl halides is 6. The van der Waals surface area contributed by atoms with E-state index in [0.717, 1.165) is 102 Å². The topological polar surface area (TPSA) is 145 Å². The van der Waals surface area contributed by atoms with Crippen LogP contribution >= 0.6 is 0 Å². The Kier molecular flexibility index (Phi) is 18.6. The van der Waals surface area contributed by atoms with Gasteiger partial charge in [0.25, 0.3) is 5.91 Å². The third-order valence-electron chi connectivity index (χ3n) is 13.9. The molecule has 4 aliphatic rings. The maximum Gasteiger partial charge on any atom is 0.416 e. The molecule has 3 N–H and O–H groups in total. The molecule has 80 heavy (non-hydrogen) atoms. The minimum absolute atomic E-state index is 0.0912. The zero-order valence-corrected chi connectivity index (χ0v) is 45.0. The predicted molar refractivity (Wildman–Crippen MR) is 298 cm³/mol. The van der Waals surface area contributed by atoms with Gasteiger partial charge in [-0.15, -0.1) is 0 Å². The van der Waals surface area contributed by atoms with E-state index in [1.54, 1.807) is 48.9 Å². The van der Waals surface area contributed by atoms with Gasteiger partial charge in [-0.2, -0.15) is 26.3 Å². The molecule has 6 heterocycles. The van der Waals surface area contributed by atoms with Crippen LogP contribution in [0.25, 0.3) is 0 Å². The van der Waals surface area contributed by atoms with Gasteiger partial charge in [-0.1, -0.05) is 47.9 Å². The van der Waals surface area contributed by atoms with Gasteiger partial charge < -0.3 is 25.6 Å². The lowest BCUT2D eigenvalue weighted by molar-refractivity contribution is -0.139. The van der Waals surface area contributed by atoms with E-state index in [1.807, 2.05) is 62.2 Å². The quantitative estimate of drug-likeness (QED) is 0.0687. The highest BCUT2D eigenvalue weighted by Crippen LogP contribution is 2.36. The molecule has 0 saturated carbocycles. The Morgan fingerprint density at radius 1 is 0.600 bits per heavy atom. The summed E-state index contributed by atoms with van der Waals surface area (Å²) in [4.78, 5) is 50.1. The second-order valence-corrected chi connectivity index (χ2v) is 19.9. The van der Waals surface area contributed by atoms with Crippen molar-refractivity contribution in [1.82, 2.24) is 29.6 Å². The third kappa shape index (κ3) is 15.5. The maximum atomic E-state index is 13.9. The van der Waals surface area contributed by atoms with Crippen LogP contribution in [-0.4, -0.2) is 127 Å². The molecule has 6 aromatic rings. The van der Waals surface area contributed by atoms with Crippen molar-refractivity contribution in [1.29, 1.82) is 0 Å². The average Bonchev–Trinajstić information content (AvgIpc) is 4.15. The van der Waals surface area contributed by atoms with Gasteiger partial charge in [-0.3, -0.25) is 34.5 Å². The number of anilines is 2. The summed E-state index contributed by atoms with van der Waals surface area (Å²) in [6.45, 7) is 12.0. The lowest BCUT2D eigenvalue weighted by atomic mass is 10.0. The molecule has 0 unspecified atom stereocenters. The fourth-order valence-corrected chi connectivity index (χ4v) is 9.03. The fraction of sp³-hybridized carbons (Fsp3) is 0.311. The molecular weight excluding hydrogens is 1030 g/mol. The minimum atomic E-state index is -4.53. The van der Waals surface area contributed by atoms with E-state index < -0.39 is 29.4 Å². The molecule has 2 saturated heterocycles. The molecule has 4 aromatic carbocycles. The van der Waals surface area contributed by atoms with E-state index in [0.29, 0.717) is 55.0 Å². The molecule has 0 spiro atoms. The fourth-order valence-electron chi connectivity index (χ4n) is 9.03. The van der Waals surface area contributed by atoms with Gasteiger partial charge in [-0.25, -0.2) is 4.79 Å². The van der Waals surface area contributed by atoms with Crippen LogP contribution in [0.15, 0.2) is 107 Å². The molecule has 414 valence electrons. The molecule has 4 aliphatic heterocycles. The Bertz CT molecular complexity index is 3450. The molecule has 0 bridgehead atoms. The van der Waals surface area contributed by atoms with Crippen molar-refractivity contribution >= 4 is 35.7 Å². The number of nitrogens with one attached hydrogen (secondary N) is 1. The lowest BCUT2D eigenvalue weighted by Gasteiger charge is -2.33. The molecule has 13 nitrogen and oxygen atoms in total. The minimum Gasteiger partial charge on any atom is -0.465 e. The van der Waals surface area contributed by atoms with Crippen LogP contribution < -0.4 is 11.1 Å². The summed E-state index contributed by atoms with van der Waals surface area (Å²) in [5, 5.41) is 2.62. The number of amides is 1. The normalized spacial score (nSPS) is 15.2. The Balaban J connectivity index is 0.000000173. The van der Waals surface area contributed by atoms with E-state index in [-0.39, 0.29) is 29.5 Å². The van der Waals surface area contributed by atoms with Crippen molar-refractivity contribution in [3.63, 3.8) is 0 Å². The average molecular weight is 1100 g/mol. The van der Waals surface area contributed by atoms with Gasteiger partial charge in [0.15, 0.2) is 0 Å². The monoisotopic (exact) mass is 1090 g/mol. The Morgan fingerprint density at radius 2 is 1.06 bits per heavy atom. The molecule has 19 heteroatoms. The van der Waals surface area contributed by atoms with E-state index in [4.69, 9.17) is 10.5 Å². The number of aromatic nitrogens is 2. The van der Waals surface area contributed by atoms with Crippen LogP contribution in [0.1, 0.15) is 98.9 Å². The number of nitrogens with two attached hydrogens (primary N) is 1. The zero-order valence-electron chi connectivity index (χ0n) is 45.0. The number of likely N-dealkylation sites (N-methyl/N-ethyl adjacent to an activating group) is 2. The van der Waals surface area contributed by atoms with Crippen molar-refractivity contribution < 1.29 is 40.7 Å². The van der Waals surface area contributed by atoms with Crippen LogP contribution in [0.2, 0.25) is 0 Å². The van der Waals surface area contributed by atoms with Crippen molar-refractivity contribution in [3.05, 3.63) is 187 Å². The standard InChI is InChI=1S/C30H28F3N5O.C18H14N2O2.C13H18F3N3/c1-20-3-5-23(14-22(20)6-4-21-13-25-17-34-18-28(25)35-16-21)29(39)36-26-8-7-24(27(15-26)30(31,32)33)19-38-11-9-37(2)10-12-38;1-12-3-5-15(18(21)22-2)8-14(12)6-4-13-7-16-10-19-11-17(16)20-9-13;1-18-4-6-19(7-5-18)9-10-2-3-11(17)8-12(10)13(14,15)16/h3,5,7-8,13-17H,9-12,18-19H2,1-2H3,(H,36,39);3,5,7-10H,11H2,1-2H3;2-3,8H,4-7,9,17H2,1H3. The number of aliphatic imine (C=N–C) groups is 2. The summed E-state index contributed by atoms with van der Waals surface area (Å²) in [5.74, 6) is 11.5. The van der Waals surface area contributed by atoms with E-state index in [2.05, 4.69) is 58.8 Å². The van der Waals surface area contributed by atoms with Gasteiger partial charge in [0, 0.05) is 141 Å². The Hall–Kier alpha value is -8.20. The molecule has 1 amide bonds. The van der Waals surface area contributed by atoms with Crippen LogP contribution in [0.5, 0.6) is 0 Å². The first kappa shape index (κ1) is 58.0. The largest absolute Gasteiger partial charge is 0.465 e. The van der Waals surface area contributed by atoms with Gasteiger partial charge >= 0.3 is 18.3 Å². The first-order valence-corrected chi connectivity index (χ1v) is 25.8. The third-order valence-corrected chi connectivity index (χ3v) is 13.9. The number of hydrogen-bond donors (Lipinski definition) is 2. The highest BCUT2D eigenvalue weighted by atomic mass is 19.4. The molecule has 0 atom stereocenters. The number of benzene rings is 4. The maximum absolute atomic E-state index is 13.9. The number of piperazine rings is 2. The smallest absolute Gasteiger partial charge is 0.416 e. The van der Waals surface area contributed by atoms with Gasteiger partial charge in [0.2, 0.25) is 0 Å². The highest BCUT2D eigenvalue weighted by molar-refractivity contribution is 6.04. The van der Waals surface area contributed by atoms with E-state index in [1.165, 1.54) is 31.4 Å². The van der Waals surface area contributed by atoms with Crippen molar-refractivity contribution in [3.8, 4) is 23.7 Å². The first-order chi connectivity index (χ1) is 38.2. The summed E-state index contributed by atoms with van der Waals surface area (Å²) in [7, 11) is 5.38. The highest BCUT2D eigenvalue weighted by Gasteiger charge is 2.35. The Labute approximate surface area is 461 Å². The zero-order chi connectivity index (χ0) is 57.1. The predicted octanol–water partition coefficient (Wildman–Crippen LogP) is 9.28. The summed E-state index contributed by atoms with van der Waals surface area (Å²) in [6.07, 6.45) is -1.85. The van der Waals surface area contributed by atoms with Crippen LogP contribution in [0.4, 0.5) is 37.7 Å². The summed E-state index contributed by atoms with van der Waals surface area (Å²) in [5.41, 5.74) is 14.4. The molecular formula is C61H60F6N10O3. The number of pyridine rings is 2. The number of carbonyl (C=O) groups is 2. The summed E-state index contributed by atoms with van der Waals surface area (Å²) in [6, 6.07) is 22.3. The number of esters is 1. The first-order valence-electron chi connectivity index (χ1n) is 25.8. The van der Waals surface area contributed by atoms with Gasteiger partial charge in [0.1, 0.15) is 0 Å². The summed E-state index contributed by atoms with van der Waals surface area (Å²) < 4.78 is 85.4. The summed E-state index contributed by atoms with van der Waals surface area (Å²) >= 11 is 0. The second-order valence-electron chi connectivity index (χ2n) is 19.9. The number of ether oxygens (including phenoxy) is 1. The number of aryl methyl sites for hydroxylation is 2. The molecule has 2 fully saturated rings. The van der Waals surface area contributed by atoms with Crippen molar-refractivity contribution in [2.45, 2.75) is 52.4 Å². The van der Waals surface area contributed by atoms with Crippen LogP contribution in [-0.2, 0) is 43.3 Å². The molecule has 0 aliphatic carbocycles. The lowest BCUT2D eigenvalue weighted by Crippen LogP contribution is -2.44. The number of hydrogen-bond acceptors (Lipinski definition) is 12. The number of rotatable bonds is 7. The van der Waals surface area contributed by atoms with Crippen LogP contribution in [0.3, 0.4) is 0 Å². The van der Waals surface area contributed by atoms with Crippen molar-refractivity contribution in [2.24, 2.45) is 9.98 Å². The number of methoxy groups -OCH3 is 1. The molecule has 10 rings (SSSR count). The second kappa shape index (κ2) is 25.7. The van der Waals surface area contributed by atoms with Crippen molar-refractivity contribution in [2.75, 3.05) is 84.6 Å². The molecule has 2 aromatic heterocycles. The van der Waals surface area contributed by atoms with Crippen LogP contribution in [0, 0.1) is 37.5 Å². The van der Waals surface area contributed by atoms with E-state index in [9.17, 15) is 35.9 Å². The number of fused-ring (bicyclic) bond motifs is 2. The molecule has 0 radical (unpaired) electrons. The number of nitrogen functional groups attached to an aromatic ring is 1.